The monoisotopic (exact) mass is 465 g/mol. The lowest BCUT2D eigenvalue weighted by molar-refractivity contribution is -0.384. The lowest BCUT2D eigenvalue weighted by Gasteiger charge is -2.09. The van der Waals surface area contributed by atoms with E-state index >= 15 is 0 Å². The molecule has 0 saturated heterocycles. The molecule has 0 aromatic heterocycles. The summed E-state index contributed by atoms with van der Waals surface area (Å²) in [6.45, 7) is 2.69. The van der Waals surface area contributed by atoms with Crippen LogP contribution in [0.3, 0.4) is 0 Å². The summed E-state index contributed by atoms with van der Waals surface area (Å²) in [4.78, 5) is 20.4. The van der Waals surface area contributed by atoms with Crippen molar-refractivity contribution in [3.63, 3.8) is 0 Å². The van der Waals surface area contributed by atoms with Crippen molar-refractivity contribution < 1.29 is 42.2 Å². The second-order valence-electron chi connectivity index (χ2n) is 6.00. The Labute approximate surface area is 179 Å². The summed E-state index contributed by atoms with van der Waals surface area (Å²) in [7, 11) is -4.03. The molecule has 0 bridgehead atoms. The third-order valence-electron chi connectivity index (χ3n) is 3.63. The third-order valence-corrected chi connectivity index (χ3v) is 4.54. The van der Waals surface area contributed by atoms with Gasteiger partial charge in [0.25, 0.3) is 5.69 Å². The quantitative estimate of drug-likeness (QED) is 0.152. The molecule has 0 radical (unpaired) electrons. The molecule has 14 heteroatoms. The number of ether oxygens (including phenoxy) is 4. The van der Waals surface area contributed by atoms with Gasteiger partial charge in [-0.25, -0.2) is 13.6 Å². The number of carboxylic acids is 1. The Morgan fingerprint density at radius 2 is 1.52 bits per heavy atom. The van der Waals surface area contributed by atoms with Crippen molar-refractivity contribution in [2.75, 3.05) is 64.7 Å². The number of nitrogens with zero attached hydrogens (tertiary/aromatic N) is 1. The third kappa shape index (κ3) is 12.2. The van der Waals surface area contributed by atoms with E-state index in [0.717, 1.165) is 6.07 Å². The van der Waals surface area contributed by atoms with Gasteiger partial charge in [0.15, 0.2) is 0 Å². The number of hydrogen-bond donors (Lipinski definition) is 3. The first-order chi connectivity index (χ1) is 14.7. The van der Waals surface area contributed by atoms with Gasteiger partial charge >= 0.3 is 5.97 Å². The Kier molecular flexibility index (Phi) is 12.6. The van der Waals surface area contributed by atoms with E-state index in [1.165, 1.54) is 12.1 Å². The van der Waals surface area contributed by atoms with Crippen LogP contribution < -0.4 is 10.5 Å². The number of aliphatic carboxylic acids is 1. The maximum absolute atomic E-state index is 11.3. The molecule has 0 aliphatic rings. The first-order valence-corrected chi connectivity index (χ1v) is 10.8. The van der Waals surface area contributed by atoms with Crippen molar-refractivity contribution in [1.82, 2.24) is 0 Å². The number of carbonyl (C=O) groups is 1. The van der Waals surface area contributed by atoms with Gasteiger partial charge in [-0.1, -0.05) is 0 Å². The summed E-state index contributed by atoms with van der Waals surface area (Å²) < 4.78 is 43.6. The number of sulfonamides is 1. The van der Waals surface area contributed by atoms with E-state index in [1.54, 1.807) is 0 Å². The second kappa shape index (κ2) is 14.6. The van der Waals surface area contributed by atoms with E-state index in [4.69, 9.17) is 29.2 Å². The number of hydrogen-bond acceptors (Lipinski definition) is 10. The van der Waals surface area contributed by atoms with Crippen molar-refractivity contribution >= 4 is 27.4 Å². The fourth-order valence-corrected chi connectivity index (χ4v) is 2.70. The summed E-state index contributed by atoms with van der Waals surface area (Å²) in [6, 6.07) is 3.36. The van der Waals surface area contributed by atoms with Gasteiger partial charge in [0, 0.05) is 12.6 Å². The Morgan fingerprint density at radius 1 is 1.00 bits per heavy atom. The summed E-state index contributed by atoms with van der Waals surface area (Å²) in [5, 5.41) is 27.3. The zero-order valence-corrected chi connectivity index (χ0v) is 17.7. The number of nitrogens with two attached hydrogens (primary N) is 1. The number of rotatable bonds is 18. The molecule has 0 atom stereocenters. The van der Waals surface area contributed by atoms with Crippen LogP contribution in [0, 0.1) is 10.1 Å². The summed E-state index contributed by atoms with van der Waals surface area (Å²) in [5.74, 6) is -0.910. The summed E-state index contributed by atoms with van der Waals surface area (Å²) >= 11 is 0. The predicted molar refractivity (Wildman–Crippen MR) is 108 cm³/mol. The first kappa shape index (κ1) is 26.7. The first-order valence-electron chi connectivity index (χ1n) is 9.29. The molecule has 1 aromatic rings. The molecule has 0 saturated carbocycles. The zero-order valence-electron chi connectivity index (χ0n) is 16.9. The highest BCUT2D eigenvalue weighted by Gasteiger charge is 2.18. The number of benzene rings is 1. The molecule has 0 aliphatic heterocycles. The highest BCUT2D eigenvalue weighted by molar-refractivity contribution is 7.89. The molecule has 0 heterocycles. The van der Waals surface area contributed by atoms with Gasteiger partial charge in [-0.15, -0.1) is 0 Å². The van der Waals surface area contributed by atoms with E-state index in [1.807, 2.05) is 0 Å². The van der Waals surface area contributed by atoms with Crippen LogP contribution in [0.2, 0.25) is 0 Å². The van der Waals surface area contributed by atoms with E-state index in [0.29, 0.717) is 39.6 Å². The van der Waals surface area contributed by atoms with Crippen LogP contribution in [-0.4, -0.2) is 83.8 Å². The minimum atomic E-state index is -4.03. The Hall–Kier alpha value is -2.36. The van der Waals surface area contributed by atoms with Gasteiger partial charge in [-0.05, 0) is 12.1 Å². The Balaban J connectivity index is 2.08. The summed E-state index contributed by atoms with van der Waals surface area (Å²) in [6.07, 6.45) is -0.0413. The van der Waals surface area contributed by atoms with Crippen LogP contribution in [0.15, 0.2) is 23.1 Å². The van der Waals surface area contributed by atoms with E-state index in [-0.39, 0.29) is 36.8 Å². The van der Waals surface area contributed by atoms with Crippen molar-refractivity contribution in [3.05, 3.63) is 28.3 Å². The average molecular weight is 465 g/mol. The van der Waals surface area contributed by atoms with Crippen LogP contribution in [0.4, 0.5) is 11.4 Å². The molecular formula is C17H27N3O10S. The average Bonchev–Trinajstić information content (AvgIpc) is 2.69. The fraction of sp³-hybridized carbons (Fsp3) is 0.588. The molecule has 1 aromatic carbocycles. The highest BCUT2D eigenvalue weighted by Crippen LogP contribution is 2.26. The van der Waals surface area contributed by atoms with Gasteiger partial charge in [0.2, 0.25) is 10.0 Å². The molecule has 4 N–H and O–H groups in total. The number of primary sulfonamides is 1. The summed E-state index contributed by atoms with van der Waals surface area (Å²) in [5.41, 5.74) is -0.247. The van der Waals surface area contributed by atoms with Gasteiger partial charge in [0.05, 0.1) is 69.1 Å². The lowest BCUT2D eigenvalue weighted by Crippen LogP contribution is -2.16. The molecule has 0 amide bonds. The molecule has 1 rings (SSSR count). The van der Waals surface area contributed by atoms with Crippen LogP contribution in [0.25, 0.3) is 0 Å². The molecule has 0 spiro atoms. The zero-order chi connectivity index (χ0) is 23.1. The molecular weight excluding hydrogens is 438 g/mol. The van der Waals surface area contributed by atoms with Gasteiger partial charge < -0.3 is 29.4 Å². The fourth-order valence-electron chi connectivity index (χ4n) is 2.17. The predicted octanol–water partition coefficient (Wildman–Crippen LogP) is 0.195. The maximum atomic E-state index is 11.3. The van der Waals surface area contributed by atoms with Crippen molar-refractivity contribution in [3.8, 4) is 0 Å². The Morgan fingerprint density at radius 3 is 2.00 bits per heavy atom. The van der Waals surface area contributed by atoms with Crippen molar-refractivity contribution in [2.45, 2.75) is 11.3 Å². The standard InChI is InChI=1S/C17H27N3O10S/c18-31(25,26)14-1-2-15(16(13-14)20(23)24)19-4-6-28-8-10-30-12-11-29-9-7-27-5-3-17(21)22/h1-2,13,19H,3-12H2,(H,21,22)(H2,18,25,26). The number of nitro benzene ring substituents is 1. The van der Waals surface area contributed by atoms with Crippen molar-refractivity contribution in [2.24, 2.45) is 5.14 Å². The minimum absolute atomic E-state index is 0.0413. The number of carboxylic acid groups (broad SMARTS) is 1. The van der Waals surface area contributed by atoms with Crippen LogP contribution >= 0.6 is 0 Å². The topological polar surface area (TPSA) is 190 Å². The van der Waals surface area contributed by atoms with Crippen LogP contribution in [0.1, 0.15) is 6.42 Å². The van der Waals surface area contributed by atoms with Crippen LogP contribution in [-0.2, 0) is 33.8 Å². The lowest BCUT2D eigenvalue weighted by atomic mass is 10.2. The van der Waals surface area contributed by atoms with E-state index in [9.17, 15) is 23.3 Å². The molecule has 31 heavy (non-hydrogen) atoms. The molecule has 176 valence electrons. The molecule has 0 aliphatic carbocycles. The van der Waals surface area contributed by atoms with Crippen molar-refractivity contribution in [1.29, 1.82) is 0 Å². The molecule has 13 nitrogen and oxygen atoms in total. The normalized spacial score (nSPS) is 11.4. The maximum Gasteiger partial charge on any atom is 0.305 e. The van der Waals surface area contributed by atoms with Gasteiger partial charge in [-0.3, -0.25) is 14.9 Å². The number of nitro groups is 1. The van der Waals surface area contributed by atoms with E-state index in [2.05, 4.69) is 5.32 Å². The largest absolute Gasteiger partial charge is 0.481 e. The smallest absolute Gasteiger partial charge is 0.305 e. The van der Waals surface area contributed by atoms with Gasteiger partial charge in [0.1, 0.15) is 5.69 Å². The van der Waals surface area contributed by atoms with E-state index < -0.39 is 26.6 Å². The van der Waals surface area contributed by atoms with Crippen LogP contribution in [0.5, 0.6) is 0 Å². The van der Waals surface area contributed by atoms with Gasteiger partial charge in [-0.2, -0.15) is 0 Å². The number of anilines is 1. The number of nitrogens with one attached hydrogen (secondary N) is 1. The molecule has 0 unspecified atom stereocenters. The highest BCUT2D eigenvalue weighted by atomic mass is 32.2. The SMILES string of the molecule is NS(=O)(=O)c1ccc(NCCOCCOCCOCCOCCC(=O)O)c([N+](=O)[O-])c1. The molecule has 0 fully saturated rings. The Bertz CT molecular complexity index is 803. The minimum Gasteiger partial charge on any atom is -0.481 e. The second-order valence-corrected chi connectivity index (χ2v) is 7.56.